The largest absolute Gasteiger partial charge is 0.497 e. The molecule has 232 valence electrons. The van der Waals surface area contributed by atoms with E-state index < -0.39 is 41.5 Å². The summed E-state index contributed by atoms with van der Waals surface area (Å²) in [6.07, 6.45) is -2.09. The Labute approximate surface area is 255 Å². The molecule has 1 saturated heterocycles. The predicted molar refractivity (Wildman–Crippen MR) is 166 cm³/mol. The van der Waals surface area contributed by atoms with Crippen LogP contribution in [0.3, 0.4) is 0 Å². The second-order valence-electron chi connectivity index (χ2n) is 11.4. The maximum atomic E-state index is 13.3. The van der Waals surface area contributed by atoms with E-state index in [0.717, 1.165) is 5.56 Å². The van der Waals surface area contributed by atoms with Gasteiger partial charge in [-0.3, -0.25) is 4.79 Å². The molecule has 1 amide bonds. The van der Waals surface area contributed by atoms with Crippen molar-refractivity contribution in [1.29, 1.82) is 0 Å². The Bertz CT molecular complexity index is 1750. The minimum absolute atomic E-state index is 0.00553. The number of aliphatic hydroxyl groups is 1. The molecule has 0 spiro atoms. The lowest BCUT2D eigenvalue weighted by Crippen LogP contribution is -2.60. The molecule has 4 aromatic rings. The standard InChI is InChI=1S/C34H37NO9/c1-18-26(42-33-19(2)28(36)30(41-7)34(3,4)44-33)13-11-21-17-25(32(38)43-29(18)21)35-31(37)22-12-14-27(40-6)24(16-22)20-9-8-10-23(15-20)39-5/h8-17,19,28,30,33,36H,1-7H3,(H,35,37)/t19-,28+,30-,33-/m1/s1. The van der Waals surface area contributed by atoms with Crippen LogP contribution in [0.5, 0.6) is 17.2 Å². The highest BCUT2D eigenvalue weighted by Crippen LogP contribution is 2.38. The number of amides is 1. The first-order chi connectivity index (χ1) is 21.0. The van der Waals surface area contributed by atoms with Crippen molar-refractivity contribution < 1.29 is 38.0 Å². The van der Waals surface area contributed by atoms with Crippen molar-refractivity contribution in [1.82, 2.24) is 0 Å². The maximum Gasteiger partial charge on any atom is 0.360 e. The molecule has 10 nitrogen and oxygen atoms in total. The zero-order chi connectivity index (χ0) is 31.8. The van der Waals surface area contributed by atoms with Gasteiger partial charge in [-0.2, -0.15) is 0 Å². The van der Waals surface area contributed by atoms with E-state index in [9.17, 15) is 14.7 Å². The topological polar surface area (TPSA) is 126 Å². The van der Waals surface area contributed by atoms with Gasteiger partial charge in [0.15, 0.2) is 0 Å². The Morgan fingerprint density at radius 1 is 0.977 bits per heavy atom. The Morgan fingerprint density at radius 3 is 2.43 bits per heavy atom. The van der Waals surface area contributed by atoms with Crippen LogP contribution in [0.4, 0.5) is 5.69 Å². The highest BCUT2D eigenvalue weighted by molar-refractivity contribution is 6.05. The molecule has 1 aromatic heterocycles. The van der Waals surface area contributed by atoms with Crippen LogP contribution in [0.2, 0.25) is 0 Å². The molecule has 5 rings (SSSR count). The summed E-state index contributed by atoms with van der Waals surface area (Å²) in [4.78, 5) is 26.3. The second-order valence-corrected chi connectivity index (χ2v) is 11.4. The summed E-state index contributed by atoms with van der Waals surface area (Å²) in [5.74, 6) is 0.808. The number of rotatable bonds is 8. The Balaban J connectivity index is 1.40. The number of ether oxygens (including phenoxy) is 5. The van der Waals surface area contributed by atoms with Gasteiger partial charge in [-0.05, 0) is 74.9 Å². The molecule has 0 unspecified atom stereocenters. The van der Waals surface area contributed by atoms with Gasteiger partial charge in [0.25, 0.3) is 5.91 Å². The van der Waals surface area contributed by atoms with E-state index in [1.54, 1.807) is 57.5 Å². The SMILES string of the molecule is COc1cccc(-c2cc(C(=O)Nc3cc4ccc(O[C@@H]5OC(C)(C)[C@H](OC)[C@@H](O)[C@H]5C)c(C)c4oc3=O)ccc2OC)c1. The van der Waals surface area contributed by atoms with Crippen molar-refractivity contribution in [3.05, 3.63) is 82.2 Å². The van der Waals surface area contributed by atoms with Crippen LogP contribution >= 0.6 is 0 Å². The molecule has 1 aliphatic heterocycles. The highest BCUT2D eigenvalue weighted by atomic mass is 16.7. The Morgan fingerprint density at radius 2 is 1.73 bits per heavy atom. The van der Waals surface area contributed by atoms with Crippen molar-refractivity contribution in [2.24, 2.45) is 5.92 Å². The summed E-state index contributed by atoms with van der Waals surface area (Å²) in [5.41, 5.74) is 1.19. The fraction of sp³-hybridized carbons (Fsp3) is 0.353. The molecule has 10 heteroatoms. The third-order valence-electron chi connectivity index (χ3n) is 8.07. The average molecular weight is 604 g/mol. The average Bonchev–Trinajstić information content (AvgIpc) is 3.01. The zero-order valence-electron chi connectivity index (χ0n) is 25.8. The number of benzene rings is 3. The fourth-order valence-corrected chi connectivity index (χ4v) is 5.58. The molecular weight excluding hydrogens is 566 g/mol. The molecule has 0 bridgehead atoms. The van der Waals surface area contributed by atoms with Gasteiger partial charge in [-0.25, -0.2) is 4.79 Å². The molecule has 0 saturated carbocycles. The smallest absolute Gasteiger partial charge is 0.360 e. The number of carbonyl (C=O) groups excluding carboxylic acids is 1. The van der Waals surface area contributed by atoms with Gasteiger partial charge < -0.3 is 38.5 Å². The van der Waals surface area contributed by atoms with Gasteiger partial charge in [-0.1, -0.05) is 19.1 Å². The molecular formula is C34H37NO9. The van der Waals surface area contributed by atoms with E-state index in [-0.39, 0.29) is 5.69 Å². The lowest BCUT2D eigenvalue weighted by atomic mass is 9.85. The summed E-state index contributed by atoms with van der Waals surface area (Å²) in [7, 11) is 4.68. The molecule has 4 atom stereocenters. The predicted octanol–water partition coefficient (Wildman–Crippen LogP) is 5.56. The highest BCUT2D eigenvalue weighted by Gasteiger charge is 2.49. The quantitative estimate of drug-likeness (QED) is 0.249. The van der Waals surface area contributed by atoms with Gasteiger partial charge in [-0.15, -0.1) is 0 Å². The number of hydrogen-bond donors (Lipinski definition) is 2. The number of anilines is 1. The van der Waals surface area contributed by atoms with Gasteiger partial charge in [0, 0.05) is 35.1 Å². The van der Waals surface area contributed by atoms with Crippen LogP contribution in [-0.2, 0) is 9.47 Å². The number of carbonyl (C=O) groups is 1. The van der Waals surface area contributed by atoms with Crippen LogP contribution in [0, 0.1) is 12.8 Å². The summed E-state index contributed by atoms with van der Waals surface area (Å²) in [6.45, 7) is 7.26. The second kappa shape index (κ2) is 12.3. The van der Waals surface area contributed by atoms with Crippen molar-refractivity contribution in [2.45, 2.75) is 51.8 Å². The van der Waals surface area contributed by atoms with Crippen LogP contribution in [0.1, 0.15) is 36.7 Å². The maximum absolute atomic E-state index is 13.3. The van der Waals surface area contributed by atoms with E-state index in [0.29, 0.717) is 44.9 Å². The summed E-state index contributed by atoms with van der Waals surface area (Å²) < 4.78 is 34.4. The third kappa shape index (κ3) is 5.88. The van der Waals surface area contributed by atoms with Crippen molar-refractivity contribution in [3.63, 3.8) is 0 Å². The van der Waals surface area contributed by atoms with Crippen LogP contribution in [-0.4, -0.2) is 56.4 Å². The first kappa shape index (κ1) is 31.1. The van der Waals surface area contributed by atoms with E-state index in [1.807, 2.05) is 45.0 Å². The third-order valence-corrected chi connectivity index (χ3v) is 8.07. The summed E-state index contributed by atoms with van der Waals surface area (Å²) >= 11 is 0. The summed E-state index contributed by atoms with van der Waals surface area (Å²) in [6, 6.07) is 17.5. The number of hydrogen-bond acceptors (Lipinski definition) is 9. The number of nitrogens with one attached hydrogen (secondary N) is 1. The minimum Gasteiger partial charge on any atom is -0.497 e. The first-order valence-electron chi connectivity index (χ1n) is 14.2. The van der Waals surface area contributed by atoms with Crippen LogP contribution < -0.4 is 25.2 Å². The van der Waals surface area contributed by atoms with Crippen molar-refractivity contribution >= 4 is 22.6 Å². The van der Waals surface area contributed by atoms with Gasteiger partial charge in [0.05, 0.1) is 25.9 Å². The fourth-order valence-electron chi connectivity index (χ4n) is 5.58. The molecule has 1 fully saturated rings. The monoisotopic (exact) mass is 603 g/mol. The van der Waals surface area contributed by atoms with Gasteiger partial charge >= 0.3 is 5.63 Å². The van der Waals surface area contributed by atoms with E-state index in [4.69, 9.17) is 28.1 Å². The molecule has 3 aromatic carbocycles. The van der Waals surface area contributed by atoms with Crippen LogP contribution in [0.25, 0.3) is 22.1 Å². The molecule has 2 heterocycles. The summed E-state index contributed by atoms with van der Waals surface area (Å²) in [5, 5.41) is 14.1. The molecule has 1 aliphatic rings. The molecule has 2 N–H and O–H groups in total. The first-order valence-corrected chi connectivity index (χ1v) is 14.2. The van der Waals surface area contributed by atoms with Crippen molar-refractivity contribution in [2.75, 3.05) is 26.6 Å². The zero-order valence-corrected chi connectivity index (χ0v) is 25.8. The molecule has 44 heavy (non-hydrogen) atoms. The Hall–Kier alpha value is -4.38. The lowest BCUT2D eigenvalue weighted by Gasteiger charge is -2.47. The Kier molecular flexibility index (Phi) is 8.69. The van der Waals surface area contributed by atoms with E-state index in [2.05, 4.69) is 5.32 Å². The lowest BCUT2D eigenvalue weighted by molar-refractivity contribution is -0.288. The van der Waals surface area contributed by atoms with Gasteiger partial charge in [0.2, 0.25) is 6.29 Å². The number of fused-ring (bicyclic) bond motifs is 1. The van der Waals surface area contributed by atoms with Gasteiger partial charge in [0.1, 0.15) is 34.6 Å². The minimum atomic E-state index is -0.809. The normalized spacial score (nSPS) is 21.1. The molecule has 0 radical (unpaired) electrons. The molecule has 0 aliphatic carbocycles. The number of aryl methyl sites for hydroxylation is 1. The number of methoxy groups -OCH3 is 3. The van der Waals surface area contributed by atoms with Crippen molar-refractivity contribution in [3.8, 4) is 28.4 Å². The van der Waals surface area contributed by atoms with E-state index in [1.165, 1.54) is 7.11 Å². The van der Waals surface area contributed by atoms with E-state index >= 15 is 0 Å². The number of aliphatic hydroxyl groups excluding tert-OH is 1. The van der Waals surface area contributed by atoms with Crippen LogP contribution in [0.15, 0.2) is 69.9 Å².